The van der Waals surface area contributed by atoms with Crippen LogP contribution in [0.3, 0.4) is 0 Å². The van der Waals surface area contributed by atoms with Crippen LogP contribution in [-0.4, -0.2) is 53.2 Å². The first kappa shape index (κ1) is 15.7. The summed E-state index contributed by atoms with van der Waals surface area (Å²) in [6.45, 7) is -0.337. The van der Waals surface area contributed by atoms with E-state index in [1.165, 1.54) is 10.4 Å². The first-order valence-corrected chi connectivity index (χ1v) is 8.01. The molecule has 7 nitrogen and oxygen atoms in total. The zero-order valence-electron chi connectivity index (χ0n) is 11.3. The van der Waals surface area contributed by atoms with Crippen LogP contribution in [0.1, 0.15) is 29.6 Å². The average molecular weight is 315 g/mol. The lowest BCUT2D eigenvalue weighted by molar-refractivity contribution is 0.0693. The maximum atomic E-state index is 12.6. The fourth-order valence-corrected chi connectivity index (χ4v) is 3.96. The summed E-state index contributed by atoms with van der Waals surface area (Å²) >= 11 is 0. The molecular formula is C13H17NO6S. The standard InChI is InChI=1S/C13H17NO6S/c15-7-6-14(9-2-1-3-9)21(19,20)10-4-5-12(16)11(8-10)13(17)18/h4-5,8-9,15-16H,1-3,6-7H2,(H,17,18). The van der Waals surface area contributed by atoms with Crippen molar-refractivity contribution in [1.29, 1.82) is 0 Å². The Balaban J connectivity index is 2.41. The van der Waals surface area contributed by atoms with Gasteiger partial charge in [-0.05, 0) is 31.0 Å². The number of hydrogen-bond acceptors (Lipinski definition) is 5. The number of benzene rings is 1. The van der Waals surface area contributed by atoms with Gasteiger partial charge in [0.2, 0.25) is 10.0 Å². The minimum Gasteiger partial charge on any atom is -0.507 e. The quantitative estimate of drug-likeness (QED) is 0.709. The van der Waals surface area contributed by atoms with E-state index in [1.54, 1.807) is 0 Å². The van der Waals surface area contributed by atoms with E-state index in [-0.39, 0.29) is 24.1 Å². The van der Waals surface area contributed by atoms with Crippen LogP contribution in [0.15, 0.2) is 23.1 Å². The van der Waals surface area contributed by atoms with Crippen LogP contribution in [0.4, 0.5) is 0 Å². The molecular weight excluding hydrogens is 298 g/mol. The van der Waals surface area contributed by atoms with E-state index in [2.05, 4.69) is 0 Å². The highest BCUT2D eigenvalue weighted by Crippen LogP contribution is 2.31. The van der Waals surface area contributed by atoms with Gasteiger partial charge in [-0.3, -0.25) is 0 Å². The lowest BCUT2D eigenvalue weighted by Crippen LogP contribution is -2.45. The molecule has 1 aromatic carbocycles. The average Bonchev–Trinajstić information content (AvgIpc) is 2.36. The molecule has 0 saturated heterocycles. The molecule has 1 fully saturated rings. The lowest BCUT2D eigenvalue weighted by atomic mass is 9.93. The van der Waals surface area contributed by atoms with E-state index < -0.39 is 27.3 Å². The number of sulfonamides is 1. The molecule has 0 aliphatic heterocycles. The van der Waals surface area contributed by atoms with Crippen LogP contribution in [-0.2, 0) is 10.0 Å². The van der Waals surface area contributed by atoms with Crippen molar-refractivity contribution in [2.24, 2.45) is 0 Å². The van der Waals surface area contributed by atoms with E-state index >= 15 is 0 Å². The van der Waals surface area contributed by atoms with Crippen molar-refractivity contribution in [2.75, 3.05) is 13.2 Å². The number of nitrogens with zero attached hydrogens (tertiary/aromatic N) is 1. The van der Waals surface area contributed by atoms with Gasteiger partial charge in [-0.25, -0.2) is 13.2 Å². The van der Waals surface area contributed by atoms with E-state index in [9.17, 15) is 18.3 Å². The summed E-state index contributed by atoms with van der Waals surface area (Å²) in [6, 6.07) is 2.99. The molecule has 1 aliphatic carbocycles. The normalized spacial score (nSPS) is 15.9. The van der Waals surface area contributed by atoms with Gasteiger partial charge >= 0.3 is 5.97 Å². The van der Waals surface area contributed by atoms with E-state index in [1.807, 2.05) is 0 Å². The summed E-state index contributed by atoms with van der Waals surface area (Å²) in [5.41, 5.74) is -0.464. The maximum Gasteiger partial charge on any atom is 0.339 e. The molecule has 0 aromatic heterocycles. The fourth-order valence-electron chi connectivity index (χ4n) is 2.25. The molecule has 21 heavy (non-hydrogen) atoms. The molecule has 2 rings (SSSR count). The number of aliphatic hydroxyl groups is 1. The number of hydrogen-bond donors (Lipinski definition) is 3. The van der Waals surface area contributed by atoms with Gasteiger partial charge in [0.15, 0.2) is 0 Å². The number of aromatic carboxylic acids is 1. The number of rotatable bonds is 6. The highest BCUT2D eigenvalue weighted by molar-refractivity contribution is 7.89. The topological polar surface area (TPSA) is 115 Å². The number of carboxylic acids is 1. The molecule has 0 radical (unpaired) electrons. The Bertz CT molecular complexity index is 638. The third kappa shape index (κ3) is 3.02. The van der Waals surface area contributed by atoms with Gasteiger partial charge in [-0.15, -0.1) is 0 Å². The molecule has 0 unspecified atom stereocenters. The summed E-state index contributed by atoms with van der Waals surface area (Å²) in [6.07, 6.45) is 2.38. The monoisotopic (exact) mass is 315 g/mol. The molecule has 0 amide bonds. The van der Waals surface area contributed by atoms with Crippen LogP contribution in [0.5, 0.6) is 5.75 Å². The fraction of sp³-hybridized carbons (Fsp3) is 0.462. The SMILES string of the molecule is O=C(O)c1cc(S(=O)(=O)N(CCO)C2CCC2)ccc1O. The van der Waals surface area contributed by atoms with Crippen molar-refractivity contribution in [3.8, 4) is 5.75 Å². The van der Waals surface area contributed by atoms with Crippen molar-refractivity contribution >= 4 is 16.0 Å². The van der Waals surface area contributed by atoms with Gasteiger partial charge in [-0.1, -0.05) is 6.42 Å². The van der Waals surface area contributed by atoms with Crippen LogP contribution < -0.4 is 0 Å². The largest absolute Gasteiger partial charge is 0.507 e. The predicted molar refractivity (Wildman–Crippen MR) is 73.7 cm³/mol. The van der Waals surface area contributed by atoms with Crippen LogP contribution in [0.2, 0.25) is 0 Å². The minimum atomic E-state index is -3.90. The molecule has 1 saturated carbocycles. The second-order valence-electron chi connectivity index (χ2n) is 4.91. The number of aromatic hydroxyl groups is 1. The van der Waals surface area contributed by atoms with Gasteiger partial charge in [0.05, 0.1) is 11.5 Å². The minimum absolute atomic E-state index is 0.0315. The number of carboxylic acid groups (broad SMARTS) is 1. The van der Waals surface area contributed by atoms with Crippen molar-refractivity contribution in [2.45, 2.75) is 30.2 Å². The van der Waals surface area contributed by atoms with Gasteiger partial charge < -0.3 is 15.3 Å². The first-order valence-electron chi connectivity index (χ1n) is 6.57. The van der Waals surface area contributed by atoms with Crippen molar-refractivity contribution in [1.82, 2.24) is 4.31 Å². The zero-order chi connectivity index (χ0) is 15.6. The second-order valence-corrected chi connectivity index (χ2v) is 6.80. The molecule has 0 heterocycles. The molecule has 1 aliphatic rings. The number of carbonyl (C=O) groups is 1. The molecule has 116 valence electrons. The summed E-state index contributed by atoms with van der Waals surface area (Å²) in [5, 5.41) is 27.5. The van der Waals surface area contributed by atoms with Crippen molar-refractivity contribution in [3.63, 3.8) is 0 Å². The third-order valence-corrected chi connectivity index (χ3v) is 5.56. The van der Waals surface area contributed by atoms with Gasteiger partial charge in [0, 0.05) is 12.6 Å². The van der Waals surface area contributed by atoms with Crippen molar-refractivity contribution < 1.29 is 28.5 Å². The Labute approximate surface area is 122 Å². The lowest BCUT2D eigenvalue weighted by Gasteiger charge is -2.36. The molecule has 1 aromatic rings. The smallest absolute Gasteiger partial charge is 0.339 e. The van der Waals surface area contributed by atoms with E-state index in [0.29, 0.717) is 0 Å². The summed E-state index contributed by atoms with van der Waals surface area (Å²) < 4.78 is 26.4. The Hall–Kier alpha value is -1.64. The Morgan fingerprint density at radius 2 is 2.00 bits per heavy atom. The Kier molecular flexibility index (Phi) is 4.50. The molecule has 0 atom stereocenters. The summed E-state index contributed by atoms with van der Waals surface area (Å²) in [7, 11) is -3.90. The van der Waals surface area contributed by atoms with Crippen LogP contribution in [0.25, 0.3) is 0 Å². The zero-order valence-corrected chi connectivity index (χ0v) is 12.1. The highest BCUT2D eigenvalue weighted by Gasteiger charge is 2.35. The predicted octanol–water partition coefficient (Wildman–Crippen LogP) is 0.626. The molecule has 0 spiro atoms. The third-order valence-electron chi connectivity index (χ3n) is 3.61. The van der Waals surface area contributed by atoms with Gasteiger partial charge in [0.1, 0.15) is 11.3 Å². The number of aliphatic hydroxyl groups excluding tert-OH is 1. The van der Waals surface area contributed by atoms with Crippen LogP contribution >= 0.6 is 0 Å². The Morgan fingerprint density at radius 3 is 2.48 bits per heavy atom. The van der Waals surface area contributed by atoms with Crippen molar-refractivity contribution in [3.05, 3.63) is 23.8 Å². The first-order chi connectivity index (χ1) is 9.87. The maximum absolute atomic E-state index is 12.6. The highest BCUT2D eigenvalue weighted by atomic mass is 32.2. The summed E-state index contributed by atoms with van der Waals surface area (Å²) in [5.74, 6) is -1.89. The summed E-state index contributed by atoms with van der Waals surface area (Å²) in [4.78, 5) is 10.8. The Morgan fingerprint density at radius 1 is 1.33 bits per heavy atom. The molecule has 8 heteroatoms. The van der Waals surface area contributed by atoms with Crippen LogP contribution in [0, 0.1) is 0 Å². The molecule has 0 bridgehead atoms. The van der Waals surface area contributed by atoms with E-state index in [0.717, 1.165) is 31.4 Å². The van der Waals surface area contributed by atoms with E-state index in [4.69, 9.17) is 10.2 Å². The number of phenols is 1. The molecule has 3 N–H and O–H groups in total. The van der Waals surface area contributed by atoms with Gasteiger partial charge in [-0.2, -0.15) is 4.31 Å². The second kappa shape index (κ2) is 6.00. The van der Waals surface area contributed by atoms with Gasteiger partial charge in [0.25, 0.3) is 0 Å².